The molecule has 14 heavy (non-hydrogen) atoms. The first kappa shape index (κ1) is 9.46. The van der Waals surface area contributed by atoms with Crippen LogP contribution >= 0.6 is 11.6 Å². The molecular formula is C10H12ClN3. The molecule has 0 N–H and O–H groups in total. The van der Waals surface area contributed by atoms with Crippen molar-refractivity contribution in [1.82, 2.24) is 14.5 Å². The zero-order valence-electron chi connectivity index (χ0n) is 8.24. The molecule has 0 aliphatic rings. The molecule has 0 spiro atoms. The van der Waals surface area contributed by atoms with E-state index in [2.05, 4.69) is 28.4 Å². The average molecular weight is 210 g/mol. The average Bonchev–Trinajstić information content (AvgIpc) is 2.62. The smallest absolute Gasteiger partial charge is 0.145 e. The van der Waals surface area contributed by atoms with Crippen LogP contribution in [0.25, 0.3) is 11.0 Å². The Kier molecular flexibility index (Phi) is 2.42. The molecule has 0 amide bonds. The van der Waals surface area contributed by atoms with Crippen LogP contribution in [0.1, 0.15) is 26.3 Å². The molecule has 0 aromatic carbocycles. The van der Waals surface area contributed by atoms with E-state index < -0.39 is 0 Å². The molecule has 0 aliphatic carbocycles. The molecule has 0 saturated carbocycles. The lowest BCUT2D eigenvalue weighted by atomic mass is 10.2. The summed E-state index contributed by atoms with van der Waals surface area (Å²) in [7, 11) is 0. The number of halogens is 1. The van der Waals surface area contributed by atoms with Crippen LogP contribution in [0, 0.1) is 0 Å². The second-order valence-corrected chi connectivity index (χ2v) is 3.74. The van der Waals surface area contributed by atoms with Crippen LogP contribution in [-0.4, -0.2) is 14.5 Å². The molecule has 0 radical (unpaired) electrons. The number of nitrogens with zero attached hydrogens (tertiary/aromatic N) is 3. The van der Waals surface area contributed by atoms with Crippen molar-refractivity contribution in [3.8, 4) is 0 Å². The predicted octanol–water partition coefficient (Wildman–Crippen LogP) is 3.06. The Morgan fingerprint density at radius 1 is 1.50 bits per heavy atom. The molecule has 0 bridgehead atoms. The van der Waals surface area contributed by atoms with E-state index in [9.17, 15) is 0 Å². The SMILES string of the molecule is CCC(C)n1ccc2c(Cl)ncnc21. The maximum atomic E-state index is 5.95. The summed E-state index contributed by atoms with van der Waals surface area (Å²) in [6.45, 7) is 4.31. The van der Waals surface area contributed by atoms with E-state index in [0.29, 0.717) is 11.2 Å². The van der Waals surface area contributed by atoms with E-state index in [1.165, 1.54) is 6.33 Å². The molecule has 2 aromatic rings. The van der Waals surface area contributed by atoms with Gasteiger partial charge in [0.1, 0.15) is 17.1 Å². The number of hydrogen-bond donors (Lipinski definition) is 0. The van der Waals surface area contributed by atoms with E-state index in [-0.39, 0.29) is 0 Å². The third-order valence-corrected chi connectivity index (χ3v) is 2.83. The van der Waals surface area contributed by atoms with Crippen LogP contribution in [0.2, 0.25) is 5.15 Å². The molecule has 1 atom stereocenters. The van der Waals surface area contributed by atoms with Gasteiger partial charge in [-0.1, -0.05) is 18.5 Å². The maximum Gasteiger partial charge on any atom is 0.145 e. The van der Waals surface area contributed by atoms with Crippen LogP contribution < -0.4 is 0 Å². The van der Waals surface area contributed by atoms with E-state index >= 15 is 0 Å². The van der Waals surface area contributed by atoms with Crippen molar-refractivity contribution in [3.05, 3.63) is 23.7 Å². The minimum atomic E-state index is 0.443. The van der Waals surface area contributed by atoms with E-state index in [1.807, 2.05) is 12.3 Å². The van der Waals surface area contributed by atoms with Crippen molar-refractivity contribution < 1.29 is 0 Å². The van der Waals surface area contributed by atoms with Gasteiger partial charge in [0.25, 0.3) is 0 Å². The van der Waals surface area contributed by atoms with Gasteiger partial charge in [0.2, 0.25) is 0 Å². The maximum absolute atomic E-state index is 5.95. The molecule has 2 aromatic heterocycles. The van der Waals surface area contributed by atoms with Gasteiger partial charge >= 0.3 is 0 Å². The van der Waals surface area contributed by atoms with Crippen LogP contribution in [0.3, 0.4) is 0 Å². The highest BCUT2D eigenvalue weighted by atomic mass is 35.5. The summed E-state index contributed by atoms with van der Waals surface area (Å²) < 4.78 is 2.13. The molecular weight excluding hydrogens is 198 g/mol. The molecule has 2 heterocycles. The molecule has 2 rings (SSSR count). The Morgan fingerprint density at radius 3 is 3.00 bits per heavy atom. The van der Waals surface area contributed by atoms with E-state index in [4.69, 9.17) is 11.6 Å². The highest BCUT2D eigenvalue weighted by Gasteiger charge is 2.09. The van der Waals surface area contributed by atoms with Gasteiger partial charge in [-0.15, -0.1) is 0 Å². The van der Waals surface area contributed by atoms with Gasteiger partial charge in [0.15, 0.2) is 0 Å². The normalized spacial score (nSPS) is 13.4. The second kappa shape index (κ2) is 3.58. The molecule has 3 nitrogen and oxygen atoms in total. The van der Waals surface area contributed by atoms with Crippen molar-refractivity contribution in [1.29, 1.82) is 0 Å². The van der Waals surface area contributed by atoms with Gasteiger partial charge in [-0.2, -0.15) is 0 Å². The Morgan fingerprint density at radius 2 is 2.29 bits per heavy atom. The summed E-state index contributed by atoms with van der Waals surface area (Å²) in [5.41, 5.74) is 0.916. The Balaban J connectivity index is 2.63. The number of fused-ring (bicyclic) bond motifs is 1. The highest BCUT2D eigenvalue weighted by Crippen LogP contribution is 2.23. The first-order valence-electron chi connectivity index (χ1n) is 4.71. The third kappa shape index (κ3) is 1.38. The van der Waals surface area contributed by atoms with E-state index in [0.717, 1.165) is 17.5 Å². The van der Waals surface area contributed by atoms with Crippen LogP contribution in [0.5, 0.6) is 0 Å². The summed E-state index contributed by atoms with van der Waals surface area (Å²) in [5.74, 6) is 0. The lowest BCUT2D eigenvalue weighted by Crippen LogP contribution is -2.02. The lowest BCUT2D eigenvalue weighted by molar-refractivity contribution is 0.544. The van der Waals surface area contributed by atoms with Crippen LogP contribution in [0.4, 0.5) is 0 Å². The quantitative estimate of drug-likeness (QED) is 0.712. The number of rotatable bonds is 2. The lowest BCUT2D eigenvalue weighted by Gasteiger charge is -2.11. The Labute approximate surface area is 87.7 Å². The largest absolute Gasteiger partial charge is 0.330 e. The molecule has 4 heteroatoms. The predicted molar refractivity (Wildman–Crippen MR) is 57.5 cm³/mol. The minimum absolute atomic E-state index is 0.443. The van der Waals surface area contributed by atoms with Crippen molar-refractivity contribution in [3.63, 3.8) is 0 Å². The zero-order valence-corrected chi connectivity index (χ0v) is 8.99. The summed E-state index contributed by atoms with van der Waals surface area (Å²) in [6, 6.07) is 2.41. The first-order chi connectivity index (χ1) is 6.74. The zero-order chi connectivity index (χ0) is 10.1. The summed E-state index contributed by atoms with van der Waals surface area (Å²) in [6.07, 6.45) is 4.59. The monoisotopic (exact) mass is 209 g/mol. The van der Waals surface area contributed by atoms with Crippen molar-refractivity contribution in [2.24, 2.45) is 0 Å². The van der Waals surface area contributed by atoms with Crippen molar-refractivity contribution >= 4 is 22.6 Å². The van der Waals surface area contributed by atoms with Gasteiger partial charge in [-0.05, 0) is 19.4 Å². The standard InChI is InChI=1S/C10H12ClN3/c1-3-7(2)14-5-4-8-9(11)12-6-13-10(8)14/h4-7H,3H2,1-2H3. The fraction of sp³-hybridized carbons (Fsp3) is 0.400. The summed E-state index contributed by atoms with van der Waals surface area (Å²) >= 11 is 5.95. The summed E-state index contributed by atoms with van der Waals surface area (Å²) in [5, 5.41) is 1.45. The molecule has 0 saturated heterocycles. The molecule has 0 aliphatic heterocycles. The van der Waals surface area contributed by atoms with Crippen molar-refractivity contribution in [2.75, 3.05) is 0 Å². The van der Waals surface area contributed by atoms with Crippen LogP contribution in [0.15, 0.2) is 18.6 Å². The Hall–Kier alpha value is -1.09. The fourth-order valence-electron chi connectivity index (χ4n) is 1.49. The molecule has 0 fully saturated rings. The van der Waals surface area contributed by atoms with Crippen molar-refractivity contribution in [2.45, 2.75) is 26.3 Å². The van der Waals surface area contributed by atoms with Gasteiger partial charge in [0, 0.05) is 12.2 Å². The number of hydrogen-bond acceptors (Lipinski definition) is 2. The fourth-order valence-corrected chi connectivity index (χ4v) is 1.68. The molecule has 74 valence electrons. The van der Waals surface area contributed by atoms with Gasteiger partial charge in [-0.3, -0.25) is 0 Å². The van der Waals surface area contributed by atoms with Gasteiger partial charge < -0.3 is 4.57 Å². The third-order valence-electron chi connectivity index (χ3n) is 2.53. The van der Waals surface area contributed by atoms with E-state index in [1.54, 1.807) is 0 Å². The first-order valence-corrected chi connectivity index (χ1v) is 5.09. The van der Waals surface area contributed by atoms with Gasteiger partial charge in [0.05, 0.1) is 5.39 Å². The summed E-state index contributed by atoms with van der Waals surface area (Å²) in [4.78, 5) is 8.19. The topological polar surface area (TPSA) is 30.7 Å². The highest BCUT2D eigenvalue weighted by molar-refractivity contribution is 6.33. The second-order valence-electron chi connectivity index (χ2n) is 3.38. The van der Waals surface area contributed by atoms with Gasteiger partial charge in [-0.25, -0.2) is 9.97 Å². The number of aromatic nitrogens is 3. The molecule has 1 unspecified atom stereocenters. The Bertz CT molecular complexity index is 450. The van der Waals surface area contributed by atoms with Crippen LogP contribution in [-0.2, 0) is 0 Å². The minimum Gasteiger partial charge on any atom is -0.330 e.